The molecule has 308 valence electrons. The fourth-order valence-electron chi connectivity index (χ4n) is 15.2. The van der Waals surface area contributed by atoms with Gasteiger partial charge in [-0.3, -0.25) is 4.79 Å². The van der Waals surface area contributed by atoms with Crippen LogP contribution in [0.4, 0.5) is 0 Å². The van der Waals surface area contributed by atoms with Gasteiger partial charge in [-0.15, -0.1) is 0 Å². The van der Waals surface area contributed by atoms with Crippen molar-refractivity contribution in [3.8, 4) is 0 Å². The molecule has 5 aliphatic rings. The van der Waals surface area contributed by atoms with Gasteiger partial charge in [-0.1, -0.05) is 101 Å². The van der Waals surface area contributed by atoms with E-state index in [0.29, 0.717) is 42.6 Å². The van der Waals surface area contributed by atoms with Crippen molar-refractivity contribution in [2.45, 2.75) is 125 Å². The molecule has 1 N–H and O–H groups in total. The highest BCUT2D eigenvalue weighted by atomic mass is 79.9. The zero-order valence-electron chi connectivity index (χ0n) is 35.8. The zero-order valence-corrected chi connectivity index (χ0v) is 38.3. The largest absolute Gasteiger partial charge is 1.00 e. The number of rotatable bonds is 10. The van der Waals surface area contributed by atoms with E-state index in [9.17, 15) is 9.90 Å². The predicted molar refractivity (Wildman–Crippen MR) is 235 cm³/mol. The summed E-state index contributed by atoms with van der Waals surface area (Å²) >= 11 is 0. The summed E-state index contributed by atoms with van der Waals surface area (Å²) in [6.45, 7) is 20.2. The Bertz CT molecular complexity index is 1780. The van der Waals surface area contributed by atoms with Gasteiger partial charge in [0, 0.05) is 11.8 Å². The van der Waals surface area contributed by atoms with E-state index in [1.165, 1.54) is 60.0 Å². The number of allylic oxidation sites excluding steroid dienone is 1. The minimum atomic E-state index is -1.99. The van der Waals surface area contributed by atoms with E-state index >= 15 is 0 Å². The number of halogens is 1. The summed E-state index contributed by atoms with van der Waals surface area (Å²) in [4.78, 5) is 14.0. The molecule has 5 fully saturated rings. The summed E-state index contributed by atoms with van der Waals surface area (Å²) in [7, 11) is -1.99. The van der Waals surface area contributed by atoms with Crippen LogP contribution in [0.15, 0.2) is 103 Å². The second-order valence-electron chi connectivity index (χ2n) is 20.7. The van der Waals surface area contributed by atoms with E-state index < -0.39 is 7.26 Å². The van der Waals surface area contributed by atoms with Gasteiger partial charge in [-0.2, -0.15) is 0 Å². The molecule has 0 aliphatic heterocycles. The molecule has 0 amide bonds. The Hall–Kier alpha value is -2.26. The quantitative estimate of drug-likeness (QED) is 0.127. The molecular formula is C52H70BrO3P. The second-order valence-corrected chi connectivity index (χ2v) is 24.3. The van der Waals surface area contributed by atoms with E-state index in [4.69, 9.17) is 4.74 Å². The Kier molecular flexibility index (Phi) is 12.0. The van der Waals surface area contributed by atoms with Gasteiger partial charge in [-0.05, 0) is 165 Å². The van der Waals surface area contributed by atoms with Crippen molar-refractivity contribution < 1.29 is 31.6 Å². The van der Waals surface area contributed by atoms with E-state index in [1.807, 2.05) is 0 Å². The molecule has 3 nitrogen and oxygen atoms in total. The molecule has 3 aromatic rings. The molecule has 3 aromatic carbocycles. The molecule has 57 heavy (non-hydrogen) atoms. The van der Waals surface area contributed by atoms with Crippen LogP contribution >= 0.6 is 7.26 Å². The number of aliphatic hydroxyl groups is 1. The fraction of sp³-hybridized carbons (Fsp3) is 0.596. The minimum Gasteiger partial charge on any atom is -1.00 e. The summed E-state index contributed by atoms with van der Waals surface area (Å²) in [6, 6.07) is 33.0. The van der Waals surface area contributed by atoms with Crippen molar-refractivity contribution >= 4 is 29.1 Å². The Labute approximate surface area is 356 Å². The Morgan fingerprint density at radius 1 is 0.719 bits per heavy atom. The van der Waals surface area contributed by atoms with Crippen molar-refractivity contribution in [1.29, 1.82) is 0 Å². The maximum Gasteiger partial charge on any atom is 0.305 e. The SMILES string of the molecule is C=C(C)[C@@H]1CC[C@]2(COC(=O)CCC[P+](c3ccccc3)(c3ccccc3)c3ccccc3)CC[C@]3(C)[C@H](CC[C@@H]4[C@@]5(C)CC[C@H](O)C(C)(C)[C@@H]5CC[C@]43C)[C@@H]12.[Br-]. The van der Waals surface area contributed by atoms with Gasteiger partial charge in [-0.25, -0.2) is 0 Å². The van der Waals surface area contributed by atoms with E-state index in [-0.39, 0.29) is 56.1 Å². The topological polar surface area (TPSA) is 46.5 Å². The third-order valence-corrected chi connectivity index (χ3v) is 22.7. The van der Waals surface area contributed by atoms with E-state index in [1.54, 1.807) is 0 Å². The monoisotopic (exact) mass is 852 g/mol. The molecular weight excluding hydrogens is 783 g/mol. The molecule has 10 atom stereocenters. The summed E-state index contributed by atoms with van der Waals surface area (Å²) in [5.74, 6) is 2.88. The molecule has 0 radical (unpaired) electrons. The highest BCUT2D eigenvalue weighted by Crippen LogP contribution is 2.77. The molecule has 5 heteroatoms. The number of esters is 1. The van der Waals surface area contributed by atoms with Gasteiger partial charge in [0.25, 0.3) is 0 Å². The average molecular weight is 854 g/mol. The molecule has 8 rings (SSSR count). The third kappa shape index (κ3) is 6.77. The molecule has 5 aliphatic carbocycles. The van der Waals surface area contributed by atoms with Crippen LogP contribution in [0.3, 0.4) is 0 Å². The maximum atomic E-state index is 14.0. The first kappa shape index (κ1) is 42.8. The van der Waals surface area contributed by atoms with Crippen molar-refractivity contribution in [2.24, 2.45) is 56.7 Å². The number of hydrogen-bond donors (Lipinski definition) is 1. The van der Waals surface area contributed by atoms with Gasteiger partial charge in [0.15, 0.2) is 0 Å². The van der Waals surface area contributed by atoms with Crippen LogP contribution in [0.1, 0.15) is 119 Å². The molecule has 0 saturated heterocycles. The highest BCUT2D eigenvalue weighted by molar-refractivity contribution is 7.95. The second kappa shape index (κ2) is 16.0. The zero-order chi connectivity index (χ0) is 39.6. The van der Waals surface area contributed by atoms with Crippen molar-refractivity contribution in [3.63, 3.8) is 0 Å². The number of carbonyl (C=O) groups is 1. The lowest BCUT2D eigenvalue weighted by Gasteiger charge is -2.73. The molecule has 0 bridgehead atoms. The summed E-state index contributed by atoms with van der Waals surface area (Å²) in [5, 5.41) is 15.3. The summed E-state index contributed by atoms with van der Waals surface area (Å²) in [6.07, 6.45) is 13.9. The van der Waals surface area contributed by atoms with Gasteiger partial charge in [0.05, 0.1) is 18.9 Å². The number of carbonyl (C=O) groups excluding carboxylic acids is 1. The van der Waals surface area contributed by atoms with Crippen molar-refractivity contribution in [3.05, 3.63) is 103 Å². The predicted octanol–water partition coefficient (Wildman–Crippen LogP) is 8.33. The number of hydrogen-bond acceptors (Lipinski definition) is 3. The summed E-state index contributed by atoms with van der Waals surface area (Å²) in [5.41, 5.74) is 2.15. The normalized spacial score (nSPS) is 36.7. The van der Waals surface area contributed by atoms with Crippen LogP contribution in [0.5, 0.6) is 0 Å². The smallest absolute Gasteiger partial charge is 0.305 e. The fourth-order valence-corrected chi connectivity index (χ4v) is 19.5. The lowest BCUT2D eigenvalue weighted by molar-refractivity contribution is -0.250. The minimum absolute atomic E-state index is 0. The first-order chi connectivity index (χ1) is 26.7. The molecule has 0 unspecified atom stereocenters. The standard InChI is InChI=1S/C52H70O3P.BrH/c1-37(2)41-27-32-52(34-33-50(6)42(47(41)52)25-26-44-49(5)30-29-45(53)48(3,4)43(49)28-31-51(44,50)7)36-55-46(54)24-17-35-56(38-18-11-8-12-19-38,39-20-13-9-14-21-39)40-22-15-10-16-23-40;/h8-16,18-23,41-45,47,53H,1,17,24-36H2,2-7H3;1H/q+1;/p-1/t41-,42+,43-,44+,45-,47+,49-,50+,51+,52+;/m0./s1. The van der Waals surface area contributed by atoms with Gasteiger partial charge >= 0.3 is 5.97 Å². The van der Waals surface area contributed by atoms with Crippen LogP contribution in [0.2, 0.25) is 0 Å². The number of fused-ring (bicyclic) bond motifs is 7. The number of benzene rings is 3. The Balaban J connectivity index is 0.00000496. The van der Waals surface area contributed by atoms with E-state index in [2.05, 4.69) is 139 Å². The summed E-state index contributed by atoms with van der Waals surface area (Å²) < 4.78 is 6.53. The van der Waals surface area contributed by atoms with Crippen molar-refractivity contribution in [1.82, 2.24) is 0 Å². The van der Waals surface area contributed by atoms with Crippen LogP contribution in [0, 0.1) is 56.7 Å². The Morgan fingerprint density at radius 2 is 1.30 bits per heavy atom. The lowest BCUT2D eigenvalue weighted by atomic mass is 9.32. The molecule has 5 saturated carbocycles. The van der Waals surface area contributed by atoms with Gasteiger partial charge in [0.2, 0.25) is 0 Å². The highest BCUT2D eigenvalue weighted by Gasteiger charge is 2.71. The molecule has 0 aromatic heterocycles. The molecule has 0 heterocycles. The first-order valence-corrected chi connectivity index (χ1v) is 24.2. The van der Waals surface area contributed by atoms with Crippen molar-refractivity contribution in [2.75, 3.05) is 12.8 Å². The number of ether oxygens (including phenoxy) is 1. The average Bonchev–Trinajstić information content (AvgIpc) is 3.59. The van der Waals surface area contributed by atoms with Crippen LogP contribution in [-0.2, 0) is 9.53 Å². The lowest BCUT2D eigenvalue weighted by Crippen LogP contribution is -3.00. The third-order valence-electron chi connectivity index (χ3n) is 18.2. The Morgan fingerprint density at radius 3 is 1.86 bits per heavy atom. The van der Waals surface area contributed by atoms with Crippen LogP contribution < -0.4 is 32.9 Å². The van der Waals surface area contributed by atoms with Gasteiger partial charge < -0.3 is 26.8 Å². The molecule has 0 spiro atoms. The van der Waals surface area contributed by atoms with E-state index in [0.717, 1.165) is 38.3 Å². The van der Waals surface area contributed by atoms with Gasteiger partial charge in [0.1, 0.15) is 23.2 Å². The van der Waals surface area contributed by atoms with Crippen LogP contribution in [-0.4, -0.2) is 29.9 Å². The maximum absolute atomic E-state index is 14.0. The van der Waals surface area contributed by atoms with Crippen LogP contribution in [0.25, 0.3) is 0 Å². The number of aliphatic hydroxyl groups excluding tert-OH is 1. The first-order valence-electron chi connectivity index (χ1n) is 22.3.